The number of amides is 1. The van der Waals surface area contributed by atoms with E-state index in [-0.39, 0.29) is 53.3 Å². The van der Waals surface area contributed by atoms with E-state index in [0.29, 0.717) is 40.9 Å². The average Bonchev–Trinajstić information content (AvgIpc) is 3.31. The van der Waals surface area contributed by atoms with Crippen molar-refractivity contribution in [2.45, 2.75) is 89.7 Å². The molecule has 4 aliphatic rings. The first-order chi connectivity index (χ1) is 20.1. The number of pyridine rings is 1. The zero-order valence-corrected chi connectivity index (χ0v) is 26.7. The van der Waals surface area contributed by atoms with Crippen LogP contribution in [0, 0.1) is 12.7 Å². The molecule has 228 valence electrons. The molecule has 3 heterocycles. The van der Waals surface area contributed by atoms with Gasteiger partial charge in [-0.1, -0.05) is 27.7 Å². The Morgan fingerprint density at radius 1 is 1.33 bits per heavy atom. The third kappa shape index (κ3) is 4.38. The molecule has 0 fully saturated rings. The molecule has 2 aromatic rings. The van der Waals surface area contributed by atoms with E-state index in [0.717, 1.165) is 16.5 Å². The molecule has 2 aliphatic carbocycles. The lowest BCUT2D eigenvalue weighted by atomic mass is 9.77. The highest BCUT2D eigenvalue weighted by molar-refractivity contribution is 6.74. The number of cyclic esters (lactones) is 1. The number of nitrogens with zero attached hydrogens (tertiary/aromatic N) is 1. The summed E-state index contributed by atoms with van der Waals surface area (Å²) in [6.45, 7) is 13.6. The minimum Gasteiger partial charge on any atom is -0.458 e. The molecule has 9 nitrogen and oxygen atoms in total. The molecule has 1 aromatic carbocycles. The van der Waals surface area contributed by atoms with Crippen molar-refractivity contribution in [1.29, 1.82) is 0 Å². The number of carbonyl (C=O) groups excluding carboxylic acids is 3. The van der Waals surface area contributed by atoms with Crippen molar-refractivity contribution in [3.8, 4) is 0 Å². The largest absolute Gasteiger partial charge is 0.458 e. The van der Waals surface area contributed by atoms with Gasteiger partial charge in [-0.05, 0) is 61.5 Å². The summed E-state index contributed by atoms with van der Waals surface area (Å²) in [6.07, 6.45) is 2.76. The standard InChI is InChI=1S/C32H38FN3O6Si/c1-8-32(40)19-11-17-26-28(36-27(17)29(38)18(19)13-41-30(32)39)25-21(34-23(37)14-42-43(6,7)31(3,4)5)10-9-16-15(2)20(33)12-22(35-26)24(16)25/h11-12,21,27,36,40H,8-10,13-14H2,1-7H3,(H,34,37)/t21-,27?,32-/m0/s1. The van der Waals surface area contributed by atoms with Gasteiger partial charge >= 0.3 is 5.97 Å². The number of aryl methyl sites for hydroxylation is 1. The van der Waals surface area contributed by atoms with Crippen molar-refractivity contribution in [1.82, 2.24) is 10.3 Å². The number of benzene rings is 1. The van der Waals surface area contributed by atoms with Gasteiger partial charge in [0.25, 0.3) is 0 Å². The second kappa shape index (κ2) is 9.80. The van der Waals surface area contributed by atoms with E-state index >= 15 is 4.39 Å². The van der Waals surface area contributed by atoms with Gasteiger partial charge in [0.1, 0.15) is 25.1 Å². The summed E-state index contributed by atoms with van der Waals surface area (Å²) in [5.41, 5.74) is 2.58. The van der Waals surface area contributed by atoms with Crippen molar-refractivity contribution in [2.75, 3.05) is 18.5 Å². The highest BCUT2D eigenvalue weighted by Gasteiger charge is 2.51. The Bertz CT molecular complexity index is 1690. The number of ketones is 1. The van der Waals surface area contributed by atoms with Gasteiger partial charge in [-0.3, -0.25) is 9.59 Å². The zero-order chi connectivity index (χ0) is 31.2. The number of ether oxygens (including phenoxy) is 1. The molecule has 6 rings (SSSR count). The van der Waals surface area contributed by atoms with Gasteiger partial charge in [-0.25, -0.2) is 14.2 Å². The number of rotatable bonds is 5. The molecule has 3 N–H and O–H groups in total. The van der Waals surface area contributed by atoms with E-state index in [4.69, 9.17) is 14.1 Å². The van der Waals surface area contributed by atoms with E-state index in [2.05, 4.69) is 44.5 Å². The Hall–Kier alpha value is -3.41. The number of aromatic nitrogens is 1. The second-order valence-corrected chi connectivity index (χ2v) is 18.3. The van der Waals surface area contributed by atoms with Crippen LogP contribution in [0.25, 0.3) is 16.5 Å². The summed E-state index contributed by atoms with van der Waals surface area (Å²) in [4.78, 5) is 44.5. The number of hydrogen-bond donors (Lipinski definition) is 3. The van der Waals surface area contributed by atoms with Crippen LogP contribution in [0.15, 0.2) is 23.3 Å². The van der Waals surface area contributed by atoms with Crippen LogP contribution in [-0.2, 0) is 30.0 Å². The number of anilines is 1. The van der Waals surface area contributed by atoms with Gasteiger partial charge < -0.3 is 24.9 Å². The lowest BCUT2D eigenvalue weighted by Crippen LogP contribution is -2.49. The lowest BCUT2D eigenvalue weighted by Gasteiger charge is -2.36. The molecule has 0 spiro atoms. The Balaban J connectivity index is 1.46. The van der Waals surface area contributed by atoms with E-state index in [9.17, 15) is 19.5 Å². The predicted octanol–water partition coefficient (Wildman–Crippen LogP) is 4.56. The first-order valence-corrected chi connectivity index (χ1v) is 17.7. The van der Waals surface area contributed by atoms with E-state index < -0.39 is 32.0 Å². The summed E-state index contributed by atoms with van der Waals surface area (Å²) < 4.78 is 26.5. The highest BCUT2D eigenvalue weighted by Crippen LogP contribution is 2.50. The maximum atomic E-state index is 15.1. The molecular weight excluding hydrogens is 569 g/mol. The van der Waals surface area contributed by atoms with Crippen LogP contribution in [0.3, 0.4) is 0 Å². The lowest BCUT2D eigenvalue weighted by molar-refractivity contribution is -0.163. The van der Waals surface area contributed by atoms with E-state index in [1.807, 2.05) is 0 Å². The summed E-state index contributed by atoms with van der Waals surface area (Å²) in [5, 5.41) is 18.5. The molecule has 1 amide bonds. The number of Topliss-reactive ketones (excluding diaryl/α,β-unsaturated/α-hetero) is 1. The zero-order valence-electron chi connectivity index (χ0n) is 25.7. The van der Waals surface area contributed by atoms with Crippen LogP contribution in [0.2, 0.25) is 18.1 Å². The smallest absolute Gasteiger partial charge is 0.343 e. The fraction of sp³-hybridized carbons (Fsp3) is 0.500. The summed E-state index contributed by atoms with van der Waals surface area (Å²) >= 11 is 0. The molecule has 2 aliphatic heterocycles. The second-order valence-electron chi connectivity index (χ2n) is 13.5. The summed E-state index contributed by atoms with van der Waals surface area (Å²) in [5.74, 6) is -1.73. The van der Waals surface area contributed by atoms with Crippen LogP contribution >= 0.6 is 0 Å². The number of carbonyl (C=O) groups is 3. The van der Waals surface area contributed by atoms with Crippen LogP contribution in [-0.4, -0.2) is 60.9 Å². The number of nitrogens with one attached hydrogen (secondary N) is 2. The third-order valence-electron chi connectivity index (χ3n) is 10.1. The molecule has 11 heteroatoms. The molecule has 43 heavy (non-hydrogen) atoms. The molecule has 0 radical (unpaired) electrons. The Labute approximate surface area is 251 Å². The van der Waals surface area contributed by atoms with Crippen LogP contribution in [0.4, 0.5) is 10.1 Å². The quantitative estimate of drug-likeness (QED) is 0.334. The normalized spacial score (nSPS) is 24.6. The number of halogens is 1. The summed E-state index contributed by atoms with van der Waals surface area (Å²) in [6, 6.07) is 0.143. The molecule has 0 bridgehead atoms. The Morgan fingerprint density at radius 3 is 2.72 bits per heavy atom. The Morgan fingerprint density at radius 2 is 2.05 bits per heavy atom. The molecule has 1 aromatic heterocycles. The first-order valence-electron chi connectivity index (χ1n) is 14.8. The number of aliphatic hydroxyl groups is 1. The number of hydrogen-bond acceptors (Lipinski definition) is 8. The number of fused-ring (bicyclic) bond motifs is 4. The van der Waals surface area contributed by atoms with Gasteiger partial charge in [0, 0.05) is 33.7 Å². The minimum absolute atomic E-state index is 0.0297. The van der Waals surface area contributed by atoms with Gasteiger partial charge in [0.2, 0.25) is 5.91 Å². The third-order valence-corrected chi connectivity index (χ3v) is 14.6. The molecule has 1 unspecified atom stereocenters. The summed E-state index contributed by atoms with van der Waals surface area (Å²) in [7, 11) is -2.16. The molecular formula is C32H38FN3O6Si. The fourth-order valence-corrected chi connectivity index (χ4v) is 7.31. The van der Waals surface area contributed by atoms with Crippen molar-refractivity contribution in [2.24, 2.45) is 0 Å². The van der Waals surface area contributed by atoms with Crippen molar-refractivity contribution in [3.63, 3.8) is 0 Å². The average molecular weight is 608 g/mol. The number of esters is 1. The van der Waals surface area contributed by atoms with Gasteiger partial charge in [-0.2, -0.15) is 0 Å². The van der Waals surface area contributed by atoms with Crippen molar-refractivity contribution < 1.29 is 33.0 Å². The van der Waals surface area contributed by atoms with Gasteiger partial charge in [-0.15, -0.1) is 0 Å². The van der Waals surface area contributed by atoms with Gasteiger partial charge in [0.05, 0.1) is 22.9 Å². The molecule has 0 saturated carbocycles. The highest BCUT2D eigenvalue weighted by atomic mass is 28.4. The Kier molecular flexibility index (Phi) is 6.76. The molecule has 0 saturated heterocycles. The fourth-order valence-electron chi connectivity index (χ4n) is 6.38. The van der Waals surface area contributed by atoms with Crippen LogP contribution in [0.5, 0.6) is 0 Å². The first kappa shape index (κ1) is 29.6. The van der Waals surface area contributed by atoms with E-state index in [1.54, 1.807) is 19.9 Å². The SMILES string of the molecule is CC[C@@]1(O)C(=O)OCC2=C1C=C1c3nc4cc(F)c(C)c5c4c(c3NC1C2=O)[C@@H](NC(=O)CO[Si](C)(C)C(C)(C)C)CC5. The van der Waals surface area contributed by atoms with Gasteiger partial charge in [0.15, 0.2) is 19.7 Å². The van der Waals surface area contributed by atoms with Crippen molar-refractivity contribution in [3.05, 3.63) is 51.5 Å². The van der Waals surface area contributed by atoms with Crippen molar-refractivity contribution >= 4 is 48.1 Å². The minimum atomic E-state index is -2.16. The van der Waals surface area contributed by atoms with E-state index in [1.165, 1.54) is 6.07 Å². The van der Waals surface area contributed by atoms with Crippen LogP contribution in [0.1, 0.15) is 69.0 Å². The molecule has 3 atom stereocenters. The predicted molar refractivity (Wildman–Crippen MR) is 162 cm³/mol. The maximum Gasteiger partial charge on any atom is 0.343 e. The van der Waals surface area contributed by atoms with Crippen LogP contribution < -0.4 is 10.6 Å². The maximum absolute atomic E-state index is 15.1. The monoisotopic (exact) mass is 607 g/mol. The topological polar surface area (TPSA) is 127 Å².